The average Bonchev–Trinajstić information content (AvgIpc) is 2.89. The highest BCUT2D eigenvalue weighted by Crippen LogP contribution is 2.22. The molecule has 0 unspecified atom stereocenters. The number of rotatable bonds is 4. The molecule has 0 fully saturated rings. The van der Waals surface area contributed by atoms with Crippen molar-refractivity contribution >= 4 is 11.7 Å². The van der Waals surface area contributed by atoms with Crippen LogP contribution >= 0.6 is 0 Å². The Labute approximate surface area is 111 Å². The van der Waals surface area contributed by atoms with Crippen molar-refractivity contribution in [3.63, 3.8) is 0 Å². The molecule has 19 heavy (non-hydrogen) atoms. The molecule has 2 aromatic rings. The van der Waals surface area contributed by atoms with E-state index in [-0.39, 0.29) is 5.69 Å². The Morgan fingerprint density at radius 2 is 2.00 bits per heavy atom. The van der Waals surface area contributed by atoms with E-state index in [1.165, 1.54) is 6.26 Å². The molecule has 0 spiro atoms. The first-order valence-electron chi connectivity index (χ1n) is 6.02. The summed E-state index contributed by atoms with van der Waals surface area (Å²) in [7, 11) is 3.94. The molecule has 0 aliphatic carbocycles. The third kappa shape index (κ3) is 2.93. The van der Waals surface area contributed by atoms with Crippen LogP contribution in [0, 0.1) is 0 Å². The molecule has 0 aliphatic rings. The van der Waals surface area contributed by atoms with Crippen LogP contribution in [0.25, 0.3) is 11.5 Å². The minimum atomic E-state index is -0.470. The van der Waals surface area contributed by atoms with E-state index < -0.39 is 5.97 Å². The molecule has 0 saturated heterocycles. The van der Waals surface area contributed by atoms with Crippen molar-refractivity contribution in [1.29, 1.82) is 0 Å². The fraction of sp³-hybridized carbons (Fsp3) is 0.286. The first-order chi connectivity index (χ1) is 9.11. The highest BCUT2D eigenvalue weighted by Gasteiger charge is 2.14. The maximum absolute atomic E-state index is 11.5. The zero-order valence-electron chi connectivity index (χ0n) is 11.2. The monoisotopic (exact) mass is 260 g/mol. The normalized spacial score (nSPS) is 10.3. The van der Waals surface area contributed by atoms with Crippen LogP contribution < -0.4 is 4.90 Å². The van der Waals surface area contributed by atoms with Crippen molar-refractivity contribution in [3.05, 3.63) is 36.2 Å². The standard InChI is InChI=1S/C14H16N2O3/c1-4-18-14(17)12-9-19-13(15-12)10-5-7-11(8-6-10)16(2)3/h5-9H,4H2,1-3H3. The molecule has 1 aromatic carbocycles. The predicted molar refractivity (Wildman–Crippen MR) is 72.2 cm³/mol. The lowest BCUT2D eigenvalue weighted by molar-refractivity contribution is 0.0519. The molecule has 100 valence electrons. The largest absolute Gasteiger partial charge is 0.461 e. The second kappa shape index (κ2) is 5.56. The van der Waals surface area contributed by atoms with Crippen LogP contribution in [-0.2, 0) is 4.74 Å². The van der Waals surface area contributed by atoms with Crippen LogP contribution in [0.3, 0.4) is 0 Å². The summed E-state index contributed by atoms with van der Waals surface area (Å²) in [4.78, 5) is 17.6. The third-order valence-electron chi connectivity index (χ3n) is 2.62. The zero-order valence-corrected chi connectivity index (χ0v) is 11.2. The molecular formula is C14H16N2O3. The molecule has 0 amide bonds. The van der Waals surface area contributed by atoms with Gasteiger partial charge in [-0.25, -0.2) is 9.78 Å². The van der Waals surface area contributed by atoms with E-state index in [0.29, 0.717) is 12.5 Å². The summed E-state index contributed by atoms with van der Waals surface area (Å²) in [5.41, 5.74) is 2.09. The molecule has 0 saturated carbocycles. The van der Waals surface area contributed by atoms with Crippen LogP contribution in [-0.4, -0.2) is 31.7 Å². The van der Waals surface area contributed by atoms with Crippen molar-refractivity contribution < 1.29 is 13.9 Å². The second-order valence-electron chi connectivity index (χ2n) is 4.20. The average molecular weight is 260 g/mol. The van der Waals surface area contributed by atoms with Gasteiger partial charge in [0.15, 0.2) is 5.69 Å². The number of carbonyl (C=O) groups excluding carboxylic acids is 1. The summed E-state index contributed by atoms with van der Waals surface area (Å²) in [6.07, 6.45) is 1.31. The maximum atomic E-state index is 11.5. The quantitative estimate of drug-likeness (QED) is 0.791. The molecular weight excluding hydrogens is 244 g/mol. The molecule has 0 aliphatic heterocycles. The zero-order chi connectivity index (χ0) is 13.8. The molecule has 1 heterocycles. The highest BCUT2D eigenvalue weighted by atomic mass is 16.5. The summed E-state index contributed by atoms with van der Waals surface area (Å²) in [5, 5.41) is 0. The Morgan fingerprint density at radius 3 is 2.58 bits per heavy atom. The van der Waals surface area contributed by atoms with E-state index in [4.69, 9.17) is 9.15 Å². The van der Waals surface area contributed by atoms with Gasteiger partial charge in [-0.2, -0.15) is 0 Å². The van der Waals surface area contributed by atoms with E-state index in [9.17, 15) is 4.79 Å². The van der Waals surface area contributed by atoms with Crippen LogP contribution in [0.5, 0.6) is 0 Å². The van der Waals surface area contributed by atoms with Gasteiger partial charge in [-0.3, -0.25) is 0 Å². The second-order valence-corrected chi connectivity index (χ2v) is 4.20. The van der Waals surface area contributed by atoms with E-state index in [1.807, 2.05) is 43.3 Å². The lowest BCUT2D eigenvalue weighted by atomic mass is 10.2. The van der Waals surface area contributed by atoms with Crippen molar-refractivity contribution in [2.24, 2.45) is 0 Å². The summed E-state index contributed by atoms with van der Waals surface area (Å²) in [6, 6.07) is 7.72. The van der Waals surface area contributed by atoms with Crippen molar-refractivity contribution in [1.82, 2.24) is 4.98 Å². The number of hydrogen-bond acceptors (Lipinski definition) is 5. The van der Waals surface area contributed by atoms with Gasteiger partial charge in [0.1, 0.15) is 6.26 Å². The molecule has 1 aromatic heterocycles. The van der Waals surface area contributed by atoms with Crippen molar-refractivity contribution in [2.75, 3.05) is 25.6 Å². The number of anilines is 1. The number of carbonyl (C=O) groups is 1. The first kappa shape index (κ1) is 13.1. The van der Waals surface area contributed by atoms with Gasteiger partial charge in [0, 0.05) is 25.3 Å². The molecule has 0 bridgehead atoms. The number of aromatic nitrogens is 1. The fourth-order valence-corrected chi connectivity index (χ4v) is 1.61. The number of benzene rings is 1. The fourth-order valence-electron chi connectivity index (χ4n) is 1.61. The number of ether oxygens (including phenoxy) is 1. The van der Waals surface area contributed by atoms with Gasteiger partial charge < -0.3 is 14.1 Å². The smallest absolute Gasteiger partial charge is 0.360 e. The van der Waals surface area contributed by atoms with Crippen LogP contribution in [0.1, 0.15) is 17.4 Å². The van der Waals surface area contributed by atoms with Crippen molar-refractivity contribution in [3.8, 4) is 11.5 Å². The Balaban J connectivity index is 2.20. The van der Waals surface area contributed by atoms with Gasteiger partial charge >= 0.3 is 5.97 Å². The summed E-state index contributed by atoms with van der Waals surface area (Å²) in [5.74, 6) is -0.0595. The highest BCUT2D eigenvalue weighted by molar-refractivity contribution is 5.87. The number of oxazole rings is 1. The number of nitrogens with zero attached hydrogens (tertiary/aromatic N) is 2. The maximum Gasteiger partial charge on any atom is 0.360 e. The van der Waals surface area contributed by atoms with Gasteiger partial charge in [0.25, 0.3) is 0 Å². The van der Waals surface area contributed by atoms with Gasteiger partial charge in [0.2, 0.25) is 5.89 Å². The summed E-state index contributed by atoms with van der Waals surface area (Å²) in [6.45, 7) is 2.07. The minimum Gasteiger partial charge on any atom is -0.461 e. The van der Waals surface area contributed by atoms with Crippen LogP contribution in [0.4, 0.5) is 5.69 Å². The molecule has 2 rings (SSSR count). The van der Waals surface area contributed by atoms with E-state index in [0.717, 1.165) is 11.3 Å². The van der Waals surface area contributed by atoms with Crippen molar-refractivity contribution in [2.45, 2.75) is 6.92 Å². The van der Waals surface area contributed by atoms with Crippen LogP contribution in [0.2, 0.25) is 0 Å². The Bertz CT molecular complexity index is 558. The Morgan fingerprint density at radius 1 is 1.32 bits per heavy atom. The van der Waals surface area contributed by atoms with Crippen LogP contribution in [0.15, 0.2) is 34.9 Å². The molecule has 0 atom stereocenters. The summed E-state index contributed by atoms with van der Waals surface area (Å²) >= 11 is 0. The minimum absolute atomic E-state index is 0.188. The lowest BCUT2D eigenvalue weighted by Gasteiger charge is -2.11. The molecule has 5 heteroatoms. The number of hydrogen-bond donors (Lipinski definition) is 0. The van der Waals surface area contributed by atoms with E-state index >= 15 is 0 Å². The summed E-state index contributed by atoms with van der Waals surface area (Å²) < 4.78 is 10.2. The van der Waals surface area contributed by atoms with E-state index in [2.05, 4.69) is 4.98 Å². The topological polar surface area (TPSA) is 55.6 Å². The van der Waals surface area contributed by atoms with Gasteiger partial charge in [0.05, 0.1) is 6.61 Å². The van der Waals surface area contributed by atoms with E-state index in [1.54, 1.807) is 6.92 Å². The lowest BCUT2D eigenvalue weighted by Crippen LogP contribution is -2.07. The Kier molecular flexibility index (Phi) is 3.85. The van der Waals surface area contributed by atoms with Gasteiger partial charge in [-0.15, -0.1) is 0 Å². The van der Waals surface area contributed by atoms with Gasteiger partial charge in [-0.05, 0) is 31.2 Å². The molecule has 5 nitrogen and oxygen atoms in total. The first-order valence-corrected chi connectivity index (χ1v) is 6.02. The molecule has 0 radical (unpaired) electrons. The molecule has 0 N–H and O–H groups in total. The Hall–Kier alpha value is -2.30. The van der Waals surface area contributed by atoms with Gasteiger partial charge in [-0.1, -0.05) is 0 Å². The number of esters is 1. The third-order valence-corrected chi connectivity index (χ3v) is 2.62. The SMILES string of the molecule is CCOC(=O)c1coc(-c2ccc(N(C)C)cc2)n1. The predicted octanol–water partition coefficient (Wildman–Crippen LogP) is 2.58.